The van der Waals surface area contributed by atoms with Gasteiger partial charge in [-0.1, -0.05) is 24.3 Å². The highest BCUT2D eigenvalue weighted by Gasteiger charge is 2.12. The second-order valence-corrected chi connectivity index (χ2v) is 5.29. The predicted molar refractivity (Wildman–Crippen MR) is 89.9 cm³/mol. The third-order valence-corrected chi connectivity index (χ3v) is 3.93. The molecule has 3 nitrogen and oxygen atoms in total. The maximum atomic E-state index is 9.20. The number of nitrogens with two attached hydrogens (primary N) is 1. The van der Waals surface area contributed by atoms with Gasteiger partial charge in [0.25, 0.3) is 0 Å². The average Bonchev–Trinajstić information content (AvgIpc) is 2.88. The fraction of sp³-hybridized carbons (Fsp3) is 0. The zero-order chi connectivity index (χ0) is 15.1. The number of hydrogen-bond donors (Lipinski definition) is 1. The molecule has 0 aliphatic rings. The Balaban J connectivity index is 2.22. The van der Waals surface area contributed by atoms with E-state index in [-0.39, 0.29) is 0 Å². The van der Waals surface area contributed by atoms with E-state index in [2.05, 4.69) is 22.8 Å². The number of para-hydroxylation sites is 1. The van der Waals surface area contributed by atoms with Crippen LogP contribution < -0.4 is 5.73 Å². The van der Waals surface area contributed by atoms with Crippen molar-refractivity contribution in [2.24, 2.45) is 0 Å². The molecule has 0 unspecified atom stereocenters. The summed E-state index contributed by atoms with van der Waals surface area (Å²) >= 11 is 0. The molecule has 0 atom stereocenters. The Morgan fingerprint density at radius 2 is 1.64 bits per heavy atom. The third kappa shape index (κ3) is 1.75. The zero-order valence-corrected chi connectivity index (χ0v) is 11.8. The molecule has 4 aromatic rings. The second kappa shape index (κ2) is 4.64. The van der Waals surface area contributed by atoms with Crippen LogP contribution in [0.25, 0.3) is 27.5 Å². The van der Waals surface area contributed by atoms with Gasteiger partial charge in [0.2, 0.25) is 0 Å². The Morgan fingerprint density at radius 1 is 0.818 bits per heavy atom. The molecule has 0 spiro atoms. The van der Waals surface area contributed by atoms with Crippen LogP contribution in [0.1, 0.15) is 5.56 Å². The van der Waals surface area contributed by atoms with Crippen LogP contribution in [0, 0.1) is 11.3 Å². The molecule has 0 amide bonds. The largest absolute Gasteiger partial charge is 0.399 e. The lowest BCUT2D eigenvalue weighted by atomic mass is 10.1. The molecule has 4 rings (SSSR count). The van der Waals surface area contributed by atoms with Crippen LogP contribution in [0.4, 0.5) is 5.69 Å². The van der Waals surface area contributed by atoms with Gasteiger partial charge in [-0.3, -0.25) is 0 Å². The molecule has 0 bridgehead atoms. The number of anilines is 1. The van der Waals surface area contributed by atoms with E-state index in [1.807, 2.05) is 54.6 Å². The van der Waals surface area contributed by atoms with Crippen LogP contribution in [0.2, 0.25) is 0 Å². The summed E-state index contributed by atoms with van der Waals surface area (Å²) < 4.78 is 2.17. The first-order valence-electron chi connectivity index (χ1n) is 7.07. The molecular formula is C19H13N3. The number of rotatable bonds is 1. The van der Waals surface area contributed by atoms with Crippen molar-refractivity contribution >= 4 is 27.5 Å². The van der Waals surface area contributed by atoms with Crippen LogP contribution in [-0.4, -0.2) is 4.57 Å². The Kier molecular flexibility index (Phi) is 2.64. The van der Waals surface area contributed by atoms with Gasteiger partial charge in [-0.05, 0) is 42.5 Å². The van der Waals surface area contributed by atoms with Gasteiger partial charge in [0.1, 0.15) is 0 Å². The standard InChI is InChI=1S/C19H13N3/c20-12-13-6-8-16-17-11-14(21)7-9-18(17)22(19(16)10-13)15-4-2-1-3-5-15/h1-11H,21H2. The Bertz CT molecular complexity index is 1040. The fourth-order valence-corrected chi connectivity index (χ4v) is 2.96. The van der Waals surface area contributed by atoms with Gasteiger partial charge in [-0.25, -0.2) is 0 Å². The average molecular weight is 283 g/mol. The number of nitriles is 1. The number of benzene rings is 3. The molecule has 1 aromatic heterocycles. The summed E-state index contributed by atoms with van der Waals surface area (Å²) in [5.41, 5.74) is 10.5. The highest BCUT2D eigenvalue weighted by atomic mass is 15.0. The maximum Gasteiger partial charge on any atom is 0.0992 e. The molecular weight excluding hydrogens is 270 g/mol. The van der Waals surface area contributed by atoms with Gasteiger partial charge in [0, 0.05) is 22.1 Å². The molecule has 1 heterocycles. The normalized spacial score (nSPS) is 10.9. The molecule has 0 aliphatic carbocycles. The predicted octanol–water partition coefficient (Wildman–Crippen LogP) is 4.24. The number of hydrogen-bond acceptors (Lipinski definition) is 2. The van der Waals surface area contributed by atoms with Gasteiger partial charge in [0.15, 0.2) is 0 Å². The second-order valence-electron chi connectivity index (χ2n) is 5.29. The molecule has 0 fully saturated rings. The first-order valence-corrected chi connectivity index (χ1v) is 7.07. The maximum absolute atomic E-state index is 9.20. The van der Waals surface area contributed by atoms with E-state index in [1.54, 1.807) is 0 Å². The highest BCUT2D eigenvalue weighted by molar-refractivity contribution is 6.10. The van der Waals surface area contributed by atoms with Crippen molar-refractivity contribution in [2.75, 3.05) is 5.73 Å². The summed E-state index contributed by atoms with van der Waals surface area (Å²) in [5, 5.41) is 11.4. The molecule has 0 radical (unpaired) electrons. The van der Waals surface area contributed by atoms with E-state index in [0.717, 1.165) is 33.2 Å². The summed E-state index contributed by atoms with van der Waals surface area (Å²) in [4.78, 5) is 0. The van der Waals surface area contributed by atoms with Crippen LogP contribution in [0.15, 0.2) is 66.7 Å². The minimum Gasteiger partial charge on any atom is -0.399 e. The van der Waals surface area contributed by atoms with Crippen molar-refractivity contribution in [3.63, 3.8) is 0 Å². The van der Waals surface area contributed by atoms with Gasteiger partial charge >= 0.3 is 0 Å². The number of nitrogens with zero attached hydrogens (tertiary/aromatic N) is 2. The van der Waals surface area contributed by atoms with Crippen molar-refractivity contribution in [2.45, 2.75) is 0 Å². The van der Waals surface area contributed by atoms with Gasteiger partial charge in [0.05, 0.1) is 22.7 Å². The molecule has 0 aliphatic heterocycles. The molecule has 22 heavy (non-hydrogen) atoms. The van der Waals surface area contributed by atoms with Crippen molar-refractivity contribution in [1.29, 1.82) is 5.26 Å². The molecule has 2 N–H and O–H groups in total. The zero-order valence-electron chi connectivity index (χ0n) is 11.8. The van der Waals surface area contributed by atoms with E-state index in [4.69, 9.17) is 5.73 Å². The SMILES string of the molecule is N#Cc1ccc2c3cc(N)ccc3n(-c3ccccc3)c2c1. The summed E-state index contributed by atoms with van der Waals surface area (Å²) in [6.45, 7) is 0. The quantitative estimate of drug-likeness (QED) is 0.531. The Hall–Kier alpha value is -3.25. The Morgan fingerprint density at radius 3 is 2.41 bits per heavy atom. The summed E-state index contributed by atoms with van der Waals surface area (Å²) in [7, 11) is 0. The van der Waals surface area contributed by atoms with Crippen molar-refractivity contribution < 1.29 is 0 Å². The number of aromatic nitrogens is 1. The first kappa shape index (κ1) is 12.5. The summed E-state index contributed by atoms with van der Waals surface area (Å²) in [6, 6.07) is 24.1. The molecule has 104 valence electrons. The minimum absolute atomic E-state index is 0.653. The van der Waals surface area contributed by atoms with Gasteiger partial charge in [-0.15, -0.1) is 0 Å². The molecule has 3 heteroatoms. The fourth-order valence-electron chi connectivity index (χ4n) is 2.96. The Labute approximate surface area is 127 Å². The van der Waals surface area contributed by atoms with E-state index in [1.165, 1.54) is 0 Å². The van der Waals surface area contributed by atoms with E-state index in [9.17, 15) is 5.26 Å². The van der Waals surface area contributed by atoms with Crippen molar-refractivity contribution in [3.8, 4) is 11.8 Å². The van der Waals surface area contributed by atoms with Crippen molar-refractivity contribution in [3.05, 3.63) is 72.3 Å². The molecule has 3 aromatic carbocycles. The van der Waals surface area contributed by atoms with Crippen molar-refractivity contribution in [1.82, 2.24) is 4.57 Å². The van der Waals surface area contributed by atoms with Gasteiger partial charge < -0.3 is 10.3 Å². The van der Waals surface area contributed by atoms with E-state index < -0.39 is 0 Å². The third-order valence-electron chi connectivity index (χ3n) is 3.93. The number of fused-ring (bicyclic) bond motifs is 3. The smallest absolute Gasteiger partial charge is 0.0992 e. The minimum atomic E-state index is 0.653. The highest BCUT2D eigenvalue weighted by Crippen LogP contribution is 2.33. The summed E-state index contributed by atoms with van der Waals surface area (Å²) in [5.74, 6) is 0. The van der Waals surface area contributed by atoms with Crippen LogP contribution in [0.3, 0.4) is 0 Å². The molecule has 0 saturated heterocycles. The first-order chi connectivity index (χ1) is 10.8. The number of nitrogen functional groups attached to an aromatic ring is 1. The van der Waals surface area contributed by atoms with E-state index >= 15 is 0 Å². The monoisotopic (exact) mass is 283 g/mol. The van der Waals surface area contributed by atoms with Crippen LogP contribution in [0.5, 0.6) is 0 Å². The van der Waals surface area contributed by atoms with E-state index in [0.29, 0.717) is 5.56 Å². The lowest BCUT2D eigenvalue weighted by molar-refractivity contribution is 1.18. The summed E-state index contributed by atoms with van der Waals surface area (Å²) in [6.07, 6.45) is 0. The topological polar surface area (TPSA) is 54.7 Å². The molecule has 0 saturated carbocycles. The lowest BCUT2D eigenvalue weighted by Gasteiger charge is -2.07. The van der Waals surface area contributed by atoms with Crippen LogP contribution in [-0.2, 0) is 0 Å². The van der Waals surface area contributed by atoms with Crippen LogP contribution >= 0.6 is 0 Å². The lowest BCUT2D eigenvalue weighted by Crippen LogP contribution is -1.93. The van der Waals surface area contributed by atoms with Gasteiger partial charge in [-0.2, -0.15) is 5.26 Å².